The maximum atomic E-state index is 14.0. The molecular formula is C28H24Cl2N4O6S. The van der Waals surface area contributed by atoms with Gasteiger partial charge in [-0.25, -0.2) is 22.0 Å². The molecule has 0 aliphatic carbocycles. The van der Waals surface area contributed by atoms with Crippen LogP contribution in [0.25, 0.3) is 16.5 Å². The Morgan fingerprint density at radius 1 is 1.02 bits per heavy atom. The second kappa shape index (κ2) is 12.0. The second-order valence-electron chi connectivity index (χ2n) is 8.62. The molecule has 0 aliphatic heterocycles. The molecule has 0 fully saturated rings. The Bertz CT molecular complexity index is 1800. The Hall–Kier alpha value is -4.32. The highest BCUT2D eigenvalue weighted by Gasteiger charge is 2.35. The first kappa shape index (κ1) is 29.7. The van der Waals surface area contributed by atoms with Crippen LogP contribution in [0.5, 0.6) is 0 Å². The van der Waals surface area contributed by atoms with Crippen LogP contribution in [0.4, 0.5) is 10.5 Å². The molecule has 3 aromatic carbocycles. The lowest BCUT2D eigenvalue weighted by molar-refractivity contribution is -0.111. The molecule has 0 bridgehead atoms. The molecule has 0 radical (unpaired) electrons. The van der Waals surface area contributed by atoms with Gasteiger partial charge in [-0.05, 0) is 42.8 Å². The number of rotatable bonds is 9. The van der Waals surface area contributed by atoms with E-state index < -0.39 is 33.6 Å². The van der Waals surface area contributed by atoms with Gasteiger partial charge in [0.15, 0.2) is 5.69 Å². The molecule has 0 saturated carbocycles. The zero-order valence-corrected chi connectivity index (χ0v) is 23.9. The van der Waals surface area contributed by atoms with Gasteiger partial charge in [0.2, 0.25) is 0 Å². The quantitative estimate of drug-likeness (QED) is 0.174. The number of carbonyl (C=O) groups excluding carboxylic acids is 3. The molecule has 0 aliphatic rings. The first-order valence-electron chi connectivity index (χ1n) is 12.1. The maximum absolute atomic E-state index is 14.0. The minimum Gasteiger partial charge on any atom is -0.461 e. The summed E-state index contributed by atoms with van der Waals surface area (Å²) in [4.78, 5) is 38.1. The van der Waals surface area contributed by atoms with Crippen LogP contribution in [0.3, 0.4) is 0 Å². The highest BCUT2D eigenvalue weighted by molar-refractivity contribution is 7.90. The van der Waals surface area contributed by atoms with Crippen molar-refractivity contribution in [2.24, 2.45) is 5.73 Å². The topological polar surface area (TPSA) is 150 Å². The van der Waals surface area contributed by atoms with Gasteiger partial charge in [0.1, 0.15) is 0 Å². The van der Waals surface area contributed by atoms with Crippen molar-refractivity contribution < 1.29 is 27.5 Å². The van der Waals surface area contributed by atoms with Crippen molar-refractivity contribution in [1.82, 2.24) is 9.29 Å². The zero-order valence-electron chi connectivity index (χ0n) is 21.6. The summed E-state index contributed by atoms with van der Waals surface area (Å²) in [6.45, 7) is 5.39. The summed E-state index contributed by atoms with van der Waals surface area (Å²) >= 11 is 12.8. The van der Waals surface area contributed by atoms with E-state index in [0.717, 1.165) is 3.97 Å². The fraction of sp³-hybridized carbons (Fsp3) is 0.107. The SMILES string of the molecule is C=C(C(=O)Nc1ccccc1CNC(N)=O)c1c(C(=O)OCC)n(S(=O)(=O)c2ccccc2)c2cc(Cl)cc(Cl)c12. The molecular weight excluding hydrogens is 591 g/mol. The minimum absolute atomic E-state index is 0.0185. The number of amides is 3. The number of aromatic nitrogens is 1. The summed E-state index contributed by atoms with van der Waals surface area (Å²) in [6.07, 6.45) is 0. The predicted octanol–water partition coefficient (Wildman–Crippen LogP) is 5.18. The third-order valence-corrected chi connectivity index (χ3v) is 8.23. The van der Waals surface area contributed by atoms with Crippen LogP contribution in [0.2, 0.25) is 10.0 Å². The molecule has 0 unspecified atom stereocenters. The number of primary amides is 1. The van der Waals surface area contributed by atoms with Crippen LogP contribution in [-0.4, -0.2) is 36.9 Å². The lowest BCUT2D eigenvalue weighted by Crippen LogP contribution is -2.29. The number of hydrogen-bond acceptors (Lipinski definition) is 6. The number of halogens is 2. The van der Waals surface area contributed by atoms with Gasteiger partial charge in [-0.3, -0.25) is 4.79 Å². The first-order valence-corrected chi connectivity index (χ1v) is 14.3. The molecule has 0 atom stereocenters. The molecule has 4 N–H and O–H groups in total. The van der Waals surface area contributed by atoms with Gasteiger partial charge in [0, 0.05) is 33.8 Å². The number of urea groups is 1. The van der Waals surface area contributed by atoms with Crippen LogP contribution in [0, 0.1) is 0 Å². The summed E-state index contributed by atoms with van der Waals surface area (Å²) < 4.78 is 33.9. The molecule has 41 heavy (non-hydrogen) atoms. The molecule has 1 heterocycles. The number of nitrogens with zero attached hydrogens (tertiary/aromatic N) is 1. The predicted molar refractivity (Wildman–Crippen MR) is 157 cm³/mol. The summed E-state index contributed by atoms with van der Waals surface area (Å²) in [5.74, 6) is -1.80. The van der Waals surface area contributed by atoms with Gasteiger partial charge in [0.05, 0.1) is 22.0 Å². The van der Waals surface area contributed by atoms with E-state index >= 15 is 0 Å². The van der Waals surface area contributed by atoms with Crippen molar-refractivity contribution in [3.63, 3.8) is 0 Å². The number of fused-ring (bicyclic) bond motifs is 1. The average Bonchev–Trinajstić information content (AvgIpc) is 3.29. The lowest BCUT2D eigenvalue weighted by Gasteiger charge is -2.14. The van der Waals surface area contributed by atoms with Crippen LogP contribution in [0.1, 0.15) is 28.5 Å². The van der Waals surface area contributed by atoms with E-state index in [0.29, 0.717) is 11.3 Å². The zero-order chi connectivity index (χ0) is 29.9. The molecule has 0 saturated heterocycles. The van der Waals surface area contributed by atoms with E-state index in [-0.39, 0.29) is 50.1 Å². The Morgan fingerprint density at radius 2 is 1.68 bits per heavy atom. The fourth-order valence-electron chi connectivity index (χ4n) is 4.22. The van der Waals surface area contributed by atoms with Gasteiger partial charge in [-0.1, -0.05) is 66.2 Å². The Morgan fingerprint density at radius 3 is 2.34 bits per heavy atom. The van der Waals surface area contributed by atoms with E-state index in [2.05, 4.69) is 17.2 Å². The van der Waals surface area contributed by atoms with E-state index in [1.807, 2.05) is 0 Å². The van der Waals surface area contributed by atoms with Gasteiger partial charge >= 0.3 is 12.0 Å². The summed E-state index contributed by atoms with van der Waals surface area (Å²) in [7, 11) is -4.44. The number of hydrogen-bond donors (Lipinski definition) is 3. The molecule has 13 heteroatoms. The summed E-state index contributed by atoms with van der Waals surface area (Å²) in [5.41, 5.74) is 5.07. The molecule has 4 rings (SSSR count). The molecule has 4 aromatic rings. The van der Waals surface area contributed by atoms with Crippen LogP contribution in [0.15, 0.2) is 78.2 Å². The number of anilines is 1. The normalized spacial score (nSPS) is 11.2. The largest absolute Gasteiger partial charge is 0.461 e. The summed E-state index contributed by atoms with van der Waals surface area (Å²) in [5, 5.41) is 5.28. The summed E-state index contributed by atoms with van der Waals surface area (Å²) in [6, 6.07) is 16.0. The highest BCUT2D eigenvalue weighted by Crippen LogP contribution is 2.40. The average molecular weight is 615 g/mol. The third-order valence-electron chi connectivity index (χ3n) is 5.99. The van der Waals surface area contributed by atoms with Crippen LogP contribution in [-0.2, 0) is 26.1 Å². The maximum Gasteiger partial charge on any atom is 0.356 e. The Balaban J connectivity index is 1.95. The number of benzene rings is 3. The highest BCUT2D eigenvalue weighted by atomic mass is 35.5. The molecule has 10 nitrogen and oxygen atoms in total. The smallest absolute Gasteiger partial charge is 0.356 e. The van der Waals surface area contributed by atoms with Crippen molar-refractivity contribution >= 4 is 73.3 Å². The lowest BCUT2D eigenvalue weighted by atomic mass is 10.0. The Kier molecular flexibility index (Phi) is 8.72. The monoisotopic (exact) mass is 614 g/mol. The minimum atomic E-state index is -4.44. The second-order valence-corrected chi connectivity index (χ2v) is 11.2. The van der Waals surface area contributed by atoms with Crippen molar-refractivity contribution in [3.05, 3.63) is 100 Å². The number of nitrogens with one attached hydrogen (secondary N) is 2. The number of nitrogens with two attached hydrogens (primary N) is 1. The van der Waals surface area contributed by atoms with Crippen molar-refractivity contribution in [3.8, 4) is 0 Å². The molecule has 1 aromatic heterocycles. The van der Waals surface area contributed by atoms with Crippen LogP contribution < -0.4 is 16.4 Å². The van der Waals surface area contributed by atoms with E-state index in [9.17, 15) is 22.8 Å². The third kappa shape index (κ3) is 5.92. The molecule has 212 valence electrons. The van der Waals surface area contributed by atoms with Gasteiger partial charge in [-0.15, -0.1) is 0 Å². The van der Waals surface area contributed by atoms with Gasteiger partial charge in [-0.2, -0.15) is 0 Å². The standard InChI is InChI=1S/C28H24Cl2N4O6S/c1-3-40-27(36)25-23(16(2)26(35)33-21-12-8-7-9-17(21)15-32-28(31)37)24-20(30)13-18(29)14-22(24)34(25)41(38,39)19-10-5-4-6-11-19/h4-14H,2-3,15H2,1H3,(H,33,35)(H3,31,32,37). The Labute approximate surface area is 245 Å². The number of ether oxygens (including phenoxy) is 1. The first-order chi connectivity index (χ1) is 19.5. The fourth-order valence-corrected chi connectivity index (χ4v) is 6.32. The van der Waals surface area contributed by atoms with Crippen molar-refractivity contribution in [2.45, 2.75) is 18.4 Å². The van der Waals surface area contributed by atoms with E-state index in [1.54, 1.807) is 37.3 Å². The van der Waals surface area contributed by atoms with Crippen molar-refractivity contribution in [1.29, 1.82) is 0 Å². The van der Waals surface area contributed by atoms with Crippen LogP contribution >= 0.6 is 23.2 Å². The van der Waals surface area contributed by atoms with Crippen molar-refractivity contribution in [2.75, 3.05) is 11.9 Å². The van der Waals surface area contributed by atoms with E-state index in [4.69, 9.17) is 33.7 Å². The van der Waals surface area contributed by atoms with Gasteiger partial charge in [0.25, 0.3) is 15.9 Å². The number of carbonyl (C=O) groups is 3. The number of esters is 1. The van der Waals surface area contributed by atoms with E-state index in [1.165, 1.54) is 36.4 Å². The molecule has 0 spiro atoms. The number of para-hydroxylation sites is 1. The van der Waals surface area contributed by atoms with Gasteiger partial charge < -0.3 is 21.1 Å². The molecule has 3 amide bonds.